The van der Waals surface area contributed by atoms with Crippen LogP contribution >= 0.6 is 24.0 Å². The Morgan fingerprint density at radius 3 is 2.45 bits per heavy atom. The smallest absolute Gasteiger partial charge is 0.306 e. The molecular formula is C16H32IN3O2. The number of carbonyl (C=O) groups is 1. The minimum absolute atomic E-state index is 0. The summed E-state index contributed by atoms with van der Waals surface area (Å²) >= 11 is 0. The topological polar surface area (TPSA) is 62.7 Å². The van der Waals surface area contributed by atoms with Gasteiger partial charge in [0.15, 0.2) is 5.96 Å². The van der Waals surface area contributed by atoms with Crippen LogP contribution < -0.4 is 10.6 Å². The number of nitrogens with zero attached hydrogens (tertiary/aromatic N) is 1. The molecule has 0 amide bonds. The quantitative estimate of drug-likeness (QED) is 0.206. The van der Waals surface area contributed by atoms with Gasteiger partial charge in [-0.15, -0.1) is 24.0 Å². The van der Waals surface area contributed by atoms with E-state index in [2.05, 4.69) is 29.5 Å². The molecule has 1 rings (SSSR count). The fourth-order valence-electron chi connectivity index (χ4n) is 2.39. The third kappa shape index (κ3) is 10.2. The number of halogens is 1. The minimum Gasteiger partial charge on any atom is -0.462 e. The number of hydrogen-bond acceptors (Lipinski definition) is 3. The number of hydrogen-bond donors (Lipinski definition) is 2. The summed E-state index contributed by atoms with van der Waals surface area (Å²) in [6.45, 7) is 6.06. The van der Waals surface area contributed by atoms with Gasteiger partial charge in [0.25, 0.3) is 0 Å². The summed E-state index contributed by atoms with van der Waals surface area (Å²) in [5.41, 5.74) is 0. The van der Waals surface area contributed by atoms with Crippen LogP contribution in [-0.4, -0.2) is 38.2 Å². The molecule has 0 saturated heterocycles. The molecule has 0 aromatic carbocycles. The van der Waals surface area contributed by atoms with E-state index < -0.39 is 0 Å². The second-order valence-corrected chi connectivity index (χ2v) is 6.11. The van der Waals surface area contributed by atoms with E-state index in [1.807, 2.05) is 0 Å². The summed E-state index contributed by atoms with van der Waals surface area (Å²) in [5.74, 6) is 1.42. The van der Waals surface area contributed by atoms with Crippen LogP contribution in [-0.2, 0) is 9.53 Å². The van der Waals surface area contributed by atoms with E-state index in [0.717, 1.165) is 44.7 Å². The molecule has 0 bridgehead atoms. The van der Waals surface area contributed by atoms with E-state index in [1.165, 1.54) is 12.8 Å². The van der Waals surface area contributed by atoms with Gasteiger partial charge in [-0.25, -0.2) is 0 Å². The van der Waals surface area contributed by atoms with Crippen molar-refractivity contribution in [2.24, 2.45) is 10.9 Å². The molecule has 1 saturated carbocycles. The molecule has 2 N–H and O–H groups in total. The van der Waals surface area contributed by atoms with Gasteiger partial charge in [-0.2, -0.15) is 0 Å². The van der Waals surface area contributed by atoms with Gasteiger partial charge in [-0.1, -0.05) is 13.8 Å². The first kappa shape index (κ1) is 21.5. The first-order chi connectivity index (χ1) is 10.1. The Morgan fingerprint density at radius 2 is 1.86 bits per heavy atom. The summed E-state index contributed by atoms with van der Waals surface area (Å²) in [7, 11) is 1.76. The predicted molar refractivity (Wildman–Crippen MR) is 102 cm³/mol. The first-order valence-corrected chi connectivity index (χ1v) is 8.25. The molecule has 0 aliphatic heterocycles. The van der Waals surface area contributed by atoms with Crippen LogP contribution in [0.15, 0.2) is 4.99 Å². The van der Waals surface area contributed by atoms with Crippen LogP contribution in [0.25, 0.3) is 0 Å². The maximum Gasteiger partial charge on any atom is 0.306 e. The maximum absolute atomic E-state index is 11.7. The molecule has 5 nitrogen and oxygen atoms in total. The SMILES string of the molecule is CN=C(NCCCC(=O)OC1CCCC1)NCCC(C)C.I. The number of aliphatic imine (C=N–C) groups is 1. The third-order valence-corrected chi connectivity index (χ3v) is 3.69. The Balaban J connectivity index is 0.00000441. The first-order valence-electron chi connectivity index (χ1n) is 8.25. The van der Waals surface area contributed by atoms with Crippen molar-refractivity contribution < 1.29 is 9.53 Å². The van der Waals surface area contributed by atoms with E-state index in [1.54, 1.807) is 7.05 Å². The average molecular weight is 425 g/mol. The Labute approximate surface area is 152 Å². The van der Waals surface area contributed by atoms with E-state index in [4.69, 9.17) is 4.74 Å². The molecule has 1 aliphatic rings. The summed E-state index contributed by atoms with van der Waals surface area (Å²) < 4.78 is 5.42. The fraction of sp³-hybridized carbons (Fsp3) is 0.875. The molecule has 0 heterocycles. The lowest BCUT2D eigenvalue weighted by Crippen LogP contribution is -2.38. The second kappa shape index (κ2) is 13.0. The summed E-state index contributed by atoms with van der Waals surface area (Å²) in [4.78, 5) is 15.8. The van der Waals surface area contributed by atoms with Gasteiger partial charge >= 0.3 is 5.97 Å². The number of ether oxygens (including phenoxy) is 1. The van der Waals surface area contributed by atoms with Gasteiger partial charge in [0, 0.05) is 26.6 Å². The van der Waals surface area contributed by atoms with E-state index in [0.29, 0.717) is 12.3 Å². The number of esters is 1. The van der Waals surface area contributed by atoms with Crippen molar-refractivity contribution >= 4 is 35.9 Å². The van der Waals surface area contributed by atoms with Crippen molar-refractivity contribution in [1.82, 2.24) is 10.6 Å². The van der Waals surface area contributed by atoms with Crippen LogP contribution in [0, 0.1) is 5.92 Å². The molecule has 22 heavy (non-hydrogen) atoms. The lowest BCUT2D eigenvalue weighted by molar-refractivity contribution is -0.148. The highest BCUT2D eigenvalue weighted by Crippen LogP contribution is 2.21. The third-order valence-electron chi connectivity index (χ3n) is 3.69. The Hall–Kier alpha value is -0.530. The highest BCUT2D eigenvalue weighted by Gasteiger charge is 2.18. The molecule has 6 heteroatoms. The zero-order chi connectivity index (χ0) is 15.5. The molecule has 0 radical (unpaired) electrons. The van der Waals surface area contributed by atoms with Gasteiger partial charge in [-0.3, -0.25) is 9.79 Å². The molecule has 130 valence electrons. The molecule has 1 fully saturated rings. The molecule has 0 unspecified atom stereocenters. The van der Waals surface area contributed by atoms with Crippen LogP contribution in [0.1, 0.15) is 58.8 Å². The van der Waals surface area contributed by atoms with Gasteiger partial charge in [0.1, 0.15) is 6.10 Å². The number of nitrogens with one attached hydrogen (secondary N) is 2. The van der Waals surface area contributed by atoms with Crippen molar-refractivity contribution in [3.8, 4) is 0 Å². The Morgan fingerprint density at radius 1 is 1.23 bits per heavy atom. The number of carbonyl (C=O) groups excluding carboxylic acids is 1. The standard InChI is InChI=1S/C16H31N3O2.HI/c1-13(2)10-12-19-16(17-3)18-11-6-9-15(20)21-14-7-4-5-8-14;/h13-14H,4-12H2,1-3H3,(H2,17,18,19);1H. The normalized spacial score (nSPS) is 15.5. The molecule has 0 aromatic rings. The minimum atomic E-state index is -0.0635. The predicted octanol–water partition coefficient (Wildman–Crippen LogP) is 3.08. The van der Waals surface area contributed by atoms with Gasteiger partial charge in [0.2, 0.25) is 0 Å². The van der Waals surface area contributed by atoms with Gasteiger partial charge in [-0.05, 0) is 44.4 Å². The second-order valence-electron chi connectivity index (χ2n) is 6.11. The highest BCUT2D eigenvalue weighted by molar-refractivity contribution is 14.0. The van der Waals surface area contributed by atoms with Crippen molar-refractivity contribution in [3.63, 3.8) is 0 Å². The lowest BCUT2D eigenvalue weighted by atomic mass is 10.1. The van der Waals surface area contributed by atoms with Crippen LogP contribution in [0.2, 0.25) is 0 Å². The Bertz CT molecular complexity index is 329. The lowest BCUT2D eigenvalue weighted by Gasteiger charge is -2.13. The zero-order valence-corrected chi connectivity index (χ0v) is 16.5. The Kier molecular flexibility index (Phi) is 12.6. The van der Waals surface area contributed by atoms with Gasteiger partial charge < -0.3 is 15.4 Å². The highest BCUT2D eigenvalue weighted by atomic mass is 127. The monoisotopic (exact) mass is 425 g/mol. The van der Waals surface area contributed by atoms with E-state index in [9.17, 15) is 4.79 Å². The largest absolute Gasteiger partial charge is 0.462 e. The molecule has 0 atom stereocenters. The van der Waals surface area contributed by atoms with E-state index >= 15 is 0 Å². The molecule has 1 aliphatic carbocycles. The number of rotatable bonds is 8. The summed E-state index contributed by atoms with van der Waals surface area (Å²) in [6, 6.07) is 0. The summed E-state index contributed by atoms with van der Waals surface area (Å²) in [6.07, 6.45) is 7.01. The molecular weight excluding hydrogens is 393 g/mol. The van der Waals surface area contributed by atoms with Crippen molar-refractivity contribution in [2.75, 3.05) is 20.1 Å². The van der Waals surface area contributed by atoms with Crippen LogP contribution in [0.5, 0.6) is 0 Å². The molecule has 0 aromatic heterocycles. The zero-order valence-electron chi connectivity index (χ0n) is 14.2. The molecule has 0 spiro atoms. The number of guanidine groups is 1. The fourth-order valence-corrected chi connectivity index (χ4v) is 2.39. The van der Waals surface area contributed by atoms with Gasteiger partial charge in [0.05, 0.1) is 0 Å². The van der Waals surface area contributed by atoms with Crippen LogP contribution in [0.4, 0.5) is 0 Å². The van der Waals surface area contributed by atoms with Crippen molar-refractivity contribution in [2.45, 2.75) is 64.9 Å². The van der Waals surface area contributed by atoms with Crippen molar-refractivity contribution in [3.05, 3.63) is 0 Å². The average Bonchev–Trinajstić information content (AvgIpc) is 2.93. The maximum atomic E-state index is 11.7. The van der Waals surface area contributed by atoms with Crippen LogP contribution in [0.3, 0.4) is 0 Å². The summed E-state index contributed by atoms with van der Waals surface area (Å²) in [5, 5.41) is 6.49. The van der Waals surface area contributed by atoms with E-state index in [-0.39, 0.29) is 36.0 Å². The van der Waals surface area contributed by atoms with Crippen molar-refractivity contribution in [1.29, 1.82) is 0 Å².